The number of nitrogens with one attached hydrogen (secondary N) is 2. The molecule has 352 valence electrons. The summed E-state index contributed by atoms with van der Waals surface area (Å²) in [6, 6.07) is 19.7. The third-order valence-electron chi connectivity index (χ3n) is 12.7. The van der Waals surface area contributed by atoms with E-state index in [1.54, 1.807) is 77.1 Å². The van der Waals surface area contributed by atoms with Crippen LogP contribution >= 0.6 is 0 Å². The Balaban J connectivity index is 0.000000201. The molecule has 0 unspecified atom stereocenters. The van der Waals surface area contributed by atoms with Gasteiger partial charge >= 0.3 is 0 Å². The number of ether oxygens (including phenoxy) is 2. The number of anilines is 4. The van der Waals surface area contributed by atoms with Gasteiger partial charge < -0.3 is 20.1 Å². The van der Waals surface area contributed by atoms with Crippen LogP contribution in [0.25, 0.3) is 22.5 Å². The molecule has 16 heteroatoms. The number of hydrogen-bond acceptors (Lipinski definition) is 14. The summed E-state index contributed by atoms with van der Waals surface area (Å²) in [4.78, 5) is 43.0. The molecule has 2 atom stereocenters. The lowest BCUT2D eigenvalue weighted by molar-refractivity contribution is 0.0567. The number of aryl methyl sites for hydroxylation is 2. The zero-order valence-corrected chi connectivity index (χ0v) is 39.7. The van der Waals surface area contributed by atoms with Crippen molar-refractivity contribution >= 4 is 34.8 Å². The Morgan fingerprint density at radius 1 is 0.618 bits per heavy atom. The van der Waals surface area contributed by atoms with Gasteiger partial charge in [0.25, 0.3) is 0 Å². The van der Waals surface area contributed by atoms with Crippen LogP contribution in [0.15, 0.2) is 85.7 Å². The van der Waals surface area contributed by atoms with Crippen LogP contribution in [0.4, 0.5) is 23.3 Å². The molecule has 0 spiro atoms. The number of aromatic nitrogens is 8. The van der Waals surface area contributed by atoms with Crippen LogP contribution in [-0.2, 0) is 9.47 Å². The van der Waals surface area contributed by atoms with Gasteiger partial charge in [-0.15, -0.1) is 0 Å². The van der Waals surface area contributed by atoms with Gasteiger partial charge in [0.1, 0.15) is 0 Å². The third-order valence-corrected chi connectivity index (χ3v) is 12.7. The molecule has 0 saturated heterocycles. The molecule has 4 heterocycles. The van der Waals surface area contributed by atoms with Crippen LogP contribution < -0.4 is 10.6 Å². The Kier molecular flexibility index (Phi) is 16.5. The Labute approximate surface area is 398 Å². The van der Waals surface area contributed by atoms with Crippen LogP contribution in [-0.4, -0.2) is 77.5 Å². The maximum absolute atomic E-state index is 12.3. The highest BCUT2D eigenvalue weighted by Gasteiger charge is 2.24. The zero-order valence-electron chi connectivity index (χ0n) is 39.7. The molecule has 6 aromatic rings. The van der Waals surface area contributed by atoms with E-state index in [2.05, 4.69) is 42.9 Å². The Morgan fingerprint density at radius 2 is 0.985 bits per heavy atom. The van der Waals surface area contributed by atoms with Gasteiger partial charge in [0.15, 0.2) is 11.6 Å². The molecule has 2 fully saturated rings. The van der Waals surface area contributed by atoms with Crippen molar-refractivity contribution in [3.63, 3.8) is 0 Å². The van der Waals surface area contributed by atoms with Crippen LogP contribution in [0.2, 0.25) is 0 Å². The Morgan fingerprint density at radius 3 is 1.32 bits per heavy atom. The minimum Gasteiger partial charge on any atom is -0.381 e. The lowest BCUT2D eigenvalue weighted by Gasteiger charge is -2.27. The fourth-order valence-electron chi connectivity index (χ4n) is 8.65. The first kappa shape index (κ1) is 48.8. The second-order valence-electron chi connectivity index (χ2n) is 17.9. The van der Waals surface area contributed by atoms with E-state index < -0.39 is 0 Å². The quantitative estimate of drug-likeness (QED) is 0.0865. The highest BCUT2D eigenvalue weighted by Crippen LogP contribution is 2.32. The Hall–Kier alpha value is -7.14. The molecule has 16 nitrogen and oxygen atoms in total. The van der Waals surface area contributed by atoms with Crippen molar-refractivity contribution in [3.05, 3.63) is 108 Å². The van der Waals surface area contributed by atoms with E-state index in [0.717, 1.165) is 96.4 Å². The van der Waals surface area contributed by atoms with Gasteiger partial charge in [0, 0.05) is 74.1 Å². The Bertz CT molecular complexity index is 2530. The number of nitrogens with zero attached hydrogens (tertiary/aromatic N) is 10. The van der Waals surface area contributed by atoms with Gasteiger partial charge in [-0.25, -0.2) is 19.9 Å². The number of hydrogen-bond donors (Lipinski definition) is 2. The predicted octanol–water partition coefficient (Wildman–Crippen LogP) is 10.5. The summed E-state index contributed by atoms with van der Waals surface area (Å²) in [5.74, 6) is 0.326. The van der Waals surface area contributed by atoms with Crippen molar-refractivity contribution in [2.75, 3.05) is 24.9 Å². The topological polar surface area (TPSA) is 211 Å². The second-order valence-corrected chi connectivity index (χ2v) is 17.9. The highest BCUT2D eigenvalue weighted by atomic mass is 16.5. The molecule has 2 aliphatic carbocycles. The van der Waals surface area contributed by atoms with Crippen molar-refractivity contribution < 1.29 is 19.1 Å². The number of carbonyl (C=O) groups is 2. The van der Waals surface area contributed by atoms with Gasteiger partial charge in [-0.05, 0) is 90.2 Å². The molecule has 0 bridgehead atoms. The fourth-order valence-corrected chi connectivity index (χ4v) is 8.65. The summed E-state index contributed by atoms with van der Waals surface area (Å²) < 4.78 is 15.0. The van der Waals surface area contributed by atoms with E-state index in [1.165, 1.54) is 0 Å². The van der Waals surface area contributed by atoms with Crippen molar-refractivity contribution in [2.45, 2.75) is 116 Å². The predicted molar refractivity (Wildman–Crippen MR) is 259 cm³/mol. The molecule has 2 saturated carbocycles. The SMILES string of the molecule is COC1CCC(n2cc(Nc3ncc(C)c(-c4ccc(C(=O)C[C@@H](C)C#N)cc4)n3)cn2)CC1.COC1CCC(n2cc(Nc3ncc(C)c(-c4ccc(C(=O)C[C@@H](C)C#N)cc4)n3)cn2)CC1. The van der Waals surface area contributed by atoms with Gasteiger partial charge in [-0.1, -0.05) is 48.5 Å². The van der Waals surface area contributed by atoms with Gasteiger partial charge in [-0.2, -0.15) is 20.7 Å². The first-order valence-corrected chi connectivity index (χ1v) is 23.3. The number of rotatable bonds is 16. The number of ketones is 2. The van der Waals surface area contributed by atoms with E-state index in [4.69, 9.17) is 30.0 Å². The normalized spacial score (nSPS) is 18.8. The van der Waals surface area contributed by atoms with E-state index in [9.17, 15) is 9.59 Å². The average Bonchev–Trinajstić information content (AvgIpc) is 4.05. The van der Waals surface area contributed by atoms with Crippen LogP contribution in [0, 0.1) is 48.3 Å². The molecule has 2 aliphatic rings. The summed E-state index contributed by atoms with van der Waals surface area (Å²) in [6.45, 7) is 7.42. The van der Waals surface area contributed by atoms with Crippen LogP contribution in [0.1, 0.15) is 122 Å². The average molecular weight is 917 g/mol. The molecule has 8 rings (SSSR count). The number of methoxy groups -OCH3 is 2. The minimum atomic E-state index is -0.297. The fraction of sp³-hybridized carbons (Fsp3) is 0.423. The maximum atomic E-state index is 12.3. The standard InChI is InChI=1S/2C26H30N6O2/c2*1-17(13-27)12-24(33)19-4-6-20(7-5-19)25-18(2)14-28-26(31-25)30-21-15-29-32(16-21)22-8-10-23(34-3)11-9-22/h2*4-7,14-17,22-23H,8-12H2,1-3H3,(H,28,30,31)/t2*17-,22?,23?/m11/s1. The van der Waals surface area contributed by atoms with Gasteiger partial charge in [0.05, 0.1) is 83.4 Å². The smallest absolute Gasteiger partial charge is 0.227 e. The summed E-state index contributed by atoms with van der Waals surface area (Å²) in [5.41, 5.74) is 8.16. The largest absolute Gasteiger partial charge is 0.381 e. The molecule has 4 aromatic heterocycles. The molecule has 0 aliphatic heterocycles. The monoisotopic (exact) mass is 916 g/mol. The van der Waals surface area contributed by atoms with Crippen molar-refractivity contribution in [1.29, 1.82) is 10.5 Å². The highest BCUT2D eigenvalue weighted by molar-refractivity contribution is 5.97. The zero-order chi connectivity index (χ0) is 48.2. The summed E-state index contributed by atoms with van der Waals surface area (Å²) in [7, 11) is 3.56. The molecular weight excluding hydrogens is 857 g/mol. The van der Waals surface area contributed by atoms with Gasteiger partial charge in [-0.3, -0.25) is 19.0 Å². The van der Waals surface area contributed by atoms with E-state index in [0.29, 0.717) is 47.3 Å². The second kappa shape index (κ2) is 23.0. The lowest BCUT2D eigenvalue weighted by atomic mass is 9.93. The van der Waals surface area contributed by atoms with Crippen LogP contribution in [0.5, 0.6) is 0 Å². The minimum absolute atomic E-state index is 0.0323. The number of Topliss-reactive ketones (excluding diaryl/α,β-unsaturated/α-hetero) is 2. The number of benzene rings is 2. The van der Waals surface area contributed by atoms with Crippen molar-refractivity contribution in [2.24, 2.45) is 11.8 Å². The summed E-state index contributed by atoms with van der Waals surface area (Å²) in [6.07, 6.45) is 20.8. The third kappa shape index (κ3) is 12.6. The summed E-state index contributed by atoms with van der Waals surface area (Å²) in [5, 5.41) is 33.5. The van der Waals surface area contributed by atoms with E-state index in [-0.39, 0.29) is 36.2 Å². The van der Waals surface area contributed by atoms with Crippen molar-refractivity contribution in [3.8, 4) is 34.7 Å². The molecule has 2 N–H and O–H groups in total. The summed E-state index contributed by atoms with van der Waals surface area (Å²) >= 11 is 0. The van der Waals surface area contributed by atoms with E-state index >= 15 is 0 Å². The molecular formula is C52H60N12O4. The first-order chi connectivity index (χ1) is 32.9. The van der Waals surface area contributed by atoms with Crippen LogP contribution in [0.3, 0.4) is 0 Å². The maximum Gasteiger partial charge on any atom is 0.227 e. The van der Waals surface area contributed by atoms with E-state index in [1.807, 2.05) is 59.9 Å². The number of nitriles is 2. The number of carbonyl (C=O) groups excluding carboxylic acids is 2. The molecule has 0 amide bonds. The van der Waals surface area contributed by atoms with Crippen molar-refractivity contribution in [1.82, 2.24) is 39.5 Å². The molecule has 68 heavy (non-hydrogen) atoms. The lowest BCUT2D eigenvalue weighted by Crippen LogP contribution is -2.22. The molecule has 0 radical (unpaired) electrons. The molecule has 2 aromatic carbocycles. The van der Waals surface area contributed by atoms with Gasteiger partial charge in [0.2, 0.25) is 11.9 Å². The first-order valence-electron chi connectivity index (χ1n) is 23.3.